The van der Waals surface area contributed by atoms with Crippen LogP contribution >= 0.6 is 11.8 Å². The van der Waals surface area contributed by atoms with E-state index in [1.165, 1.54) is 6.33 Å². The molecule has 5 heterocycles. The summed E-state index contributed by atoms with van der Waals surface area (Å²) in [6, 6.07) is 0.312. The van der Waals surface area contributed by atoms with Gasteiger partial charge < -0.3 is 25.2 Å². The molecule has 5 atom stereocenters. The van der Waals surface area contributed by atoms with Gasteiger partial charge in [0, 0.05) is 17.4 Å². The van der Waals surface area contributed by atoms with Crippen molar-refractivity contribution in [3.63, 3.8) is 0 Å². The molecule has 0 unspecified atom stereocenters. The molecule has 0 aromatic carbocycles. The molecule has 3 saturated heterocycles. The summed E-state index contributed by atoms with van der Waals surface area (Å²) in [5.41, 5.74) is 0.946. The first-order valence-electron chi connectivity index (χ1n) is 11.0. The van der Waals surface area contributed by atoms with Crippen LogP contribution in [0.15, 0.2) is 12.7 Å². The summed E-state index contributed by atoms with van der Waals surface area (Å²) in [5, 5.41) is 15.6. The Labute approximate surface area is 188 Å². The second kappa shape index (κ2) is 9.20. The van der Waals surface area contributed by atoms with Gasteiger partial charge in [0.2, 0.25) is 0 Å². The molecule has 12 heteroatoms. The number of urea groups is 1. The van der Waals surface area contributed by atoms with E-state index in [4.69, 9.17) is 9.47 Å². The second-order valence-electron chi connectivity index (χ2n) is 8.32. The number of unbranched alkanes of at least 4 members (excludes halogenated alkanes) is 1. The summed E-state index contributed by atoms with van der Waals surface area (Å²) in [5.74, 6) is 0.716. The van der Waals surface area contributed by atoms with Crippen LogP contribution in [0.5, 0.6) is 5.88 Å². The molecule has 0 bridgehead atoms. The van der Waals surface area contributed by atoms with Crippen LogP contribution in [0.4, 0.5) is 4.79 Å². The number of thioether (sulfide) groups is 1. The van der Waals surface area contributed by atoms with E-state index in [0.29, 0.717) is 22.8 Å². The number of esters is 1. The first-order valence-corrected chi connectivity index (χ1v) is 12.0. The van der Waals surface area contributed by atoms with E-state index in [1.54, 1.807) is 10.9 Å². The molecule has 0 radical (unpaired) electrons. The molecular formula is C20H26N6O5S. The molecule has 2 aromatic heterocycles. The molecule has 3 aliphatic rings. The first-order chi connectivity index (χ1) is 15.6. The molecule has 3 aliphatic heterocycles. The third kappa shape index (κ3) is 4.26. The minimum atomic E-state index is -0.357. The van der Waals surface area contributed by atoms with Crippen molar-refractivity contribution in [2.24, 2.45) is 0 Å². The SMILES string of the molecule is O=C1N[C@H]2[C@H](CS[C@H]2CCCCC(=O)Oc2ncnc3c2ncn3[C@H]2CC[C@@H](CO)O2)N1. The summed E-state index contributed by atoms with van der Waals surface area (Å²) in [6.45, 7) is -0.0207. The predicted octanol–water partition coefficient (Wildman–Crippen LogP) is 1.13. The zero-order valence-corrected chi connectivity index (χ0v) is 18.3. The number of aliphatic hydroxyl groups excluding tert-OH is 1. The number of aliphatic hydroxyl groups is 1. The number of hydrogen-bond acceptors (Lipinski definition) is 9. The van der Waals surface area contributed by atoms with E-state index in [-0.39, 0.29) is 55.3 Å². The summed E-state index contributed by atoms with van der Waals surface area (Å²) in [7, 11) is 0. The van der Waals surface area contributed by atoms with Gasteiger partial charge >= 0.3 is 12.0 Å². The average molecular weight is 463 g/mol. The molecule has 0 spiro atoms. The number of hydrogen-bond donors (Lipinski definition) is 3. The molecule has 0 saturated carbocycles. The predicted molar refractivity (Wildman–Crippen MR) is 115 cm³/mol. The van der Waals surface area contributed by atoms with E-state index in [9.17, 15) is 14.7 Å². The minimum Gasteiger partial charge on any atom is -0.405 e. The van der Waals surface area contributed by atoms with Crippen LogP contribution in [0.3, 0.4) is 0 Å². The lowest BCUT2D eigenvalue weighted by atomic mass is 10.0. The van der Waals surface area contributed by atoms with E-state index in [1.807, 2.05) is 11.8 Å². The zero-order valence-electron chi connectivity index (χ0n) is 17.5. The molecule has 5 rings (SSSR count). The summed E-state index contributed by atoms with van der Waals surface area (Å²) < 4.78 is 13.1. The number of aromatic nitrogens is 4. The van der Waals surface area contributed by atoms with Gasteiger partial charge in [-0.1, -0.05) is 6.42 Å². The van der Waals surface area contributed by atoms with Crippen LogP contribution in [0.2, 0.25) is 0 Å². The molecule has 3 fully saturated rings. The van der Waals surface area contributed by atoms with E-state index >= 15 is 0 Å². The number of imidazole rings is 1. The maximum Gasteiger partial charge on any atom is 0.315 e. The Morgan fingerprint density at radius 3 is 3.03 bits per heavy atom. The number of carbonyl (C=O) groups is 2. The van der Waals surface area contributed by atoms with Gasteiger partial charge in [0.05, 0.1) is 31.1 Å². The third-order valence-corrected chi connectivity index (χ3v) is 7.70. The number of fused-ring (bicyclic) bond motifs is 2. The normalized spacial score (nSPS) is 29.2. The fourth-order valence-electron chi connectivity index (χ4n) is 4.56. The Kier molecular flexibility index (Phi) is 6.15. The fraction of sp³-hybridized carbons (Fsp3) is 0.650. The summed E-state index contributed by atoms with van der Waals surface area (Å²) in [4.78, 5) is 36.5. The van der Waals surface area contributed by atoms with Gasteiger partial charge in [-0.2, -0.15) is 16.7 Å². The molecule has 2 amide bonds. The number of amides is 2. The lowest BCUT2D eigenvalue weighted by Crippen LogP contribution is -2.36. The van der Waals surface area contributed by atoms with Gasteiger partial charge in [0.25, 0.3) is 5.88 Å². The van der Waals surface area contributed by atoms with Crippen LogP contribution < -0.4 is 15.4 Å². The van der Waals surface area contributed by atoms with Crippen LogP contribution in [0.25, 0.3) is 11.2 Å². The smallest absolute Gasteiger partial charge is 0.315 e. The average Bonchev–Trinajstić information content (AvgIpc) is 3.55. The van der Waals surface area contributed by atoms with Crippen LogP contribution in [-0.2, 0) is 9.53 Å². The van der Waals surface area contributed by atoms with Crippen molar-refractivity contribution in [2.75, 3.05) is 12.4 Å². The van der Waals surface area contributed by atoms with Gasteiger partial charge in [0.15, 0.2) is 11.2 Å². The highest BCUT2D eigenvalue weighted by Gasteiger charge is 2.42. The Morgan fingerprint density at radius 1 is 1.28 bits per heavy atom. The number of rotatable bonds is 8. The fourth-order valence-corrected chi connectivity index (χ4v) is 6.10. The van der Waals surface area contributed by atoms with Crippen LogP contribution in [0.1, 0.15) is 44.8 Å². The van der Waals surface area contributed by atoms with Crippen molar-refractivity contribution in [2.45, 2.75) is 68.2 Å². The zero-order chi connectivity index (χ0) is 22.1. The maximum atomic E-state index is 12.4. The van der Waals surface area contributed by atoms with Crippen molar-refractivity contribution in [3.8, 4) is 5.88 Å². The molecule has 2 aromatic rings. The largest absolute Gasteiger partial charge is 0.405 e. The molecular weight excluding hydrogens is 436 g/mol. The summed E-state index contributed by atoms with van der Waals surface area (Å²) >= 11 is 1.87. The van der Waals surface area contributed by atoms with E-state index in [0.717, 1.165) is 31.4 Å². The molecule has 0 aliphatic carbocycles. The van der Waals surface area contributed by atoms with Gasteiger partial charge in [-0.3, -0.25) is 9.36 Å². The Hall–Kier alpha value is -2.44. The number of ether oxygens (including phenoxy) is 2. The molecule has 3 N–H and O–H groups in total. The van der Waals surface area contributed by atoms with Gasteiger partial charge in [-0.25, -0.2) is 14.8 Å². The Morgan fingerprint density at radius 2 is 2.19 bits per heavy atom. The monoisotopic (exact) mass is 462 g/mol. The van der Waals surface area contributed by atoms with Crippen molar-refractivity contribution in [1.82, 2.24) is 30.2 Å². The topological polar surface area (TPSA) is 140 Å². The van der Waals surface area contributed by atoms with Gasteiger partial charge in [0.1, 0.15) is 12.6 Å². The molecule has 11 nitrogen and oxygen atoms in total. The van der Waals surface area contributed by atoms with Gasteiger partial charge in [-0.05, 0) is 25.7 Å². The van der Waals surface area contributed by atoms with Crippen molar-refractivity contribution in [3.05, 3.63) is 12.7 Å². The van der Waals surface area contributed by atoms with E-state index in [2.05, 4.69) is 25.6 Å². The van der Waals surface area contributed by atoms with Gasteiger partial charge in [-0.15, -0.1) is 0 Å². The first kappa shape index (κ1) is 21.4. The summed E-state index contributed by atoms with van der Waals surface area (Å²) in [6.07, 6.45) is 6.82. The minimum absolute atomic E-state index is 0.0207. The third-order valence-electron chi connectivity index (χ3n) is 6.19. The standard InChI is InChI=1S/C20H26N6O5S/c27-7-11-5-6-14(30-11)26-10-23-17-18(26)21-9-22-19(17)31-15(28)4-2-1-3-13-16-12(8-32-13)24-20(29)25-16/h9-14,16,27H,1-8H2,(H2,24,25,29)/t11-,12-,13-,14+,16-/m0/s1. The number of carbonyl (C=O) groups excluding carboxylic acids is 2. The molecule has 172 valence electrons. The lowest BCUT2D eigenvalue weighted by Gasteiger charge is -2.16. The van der Waals surface area contributed by atoms with Crippen molar-refractivity contribution >= 4 is 34.9 Å². The second-order valence-corrected chi connectivity index (χ2v) is 9.59. The van der Waals surface area contributed by atoms with Crippen LogP contribution in [-0.4, -0.2) is 72.4 Å². The highest BCUT2D eigenvalue weighted by molar-refractivity contribution is 8.00. The number of nitrogens with zero attached hydrogens (tertiary/aromatic N) is 4. The molecule has 32 heavy (non-hydrogen) atoms. The Balaban J connectivity index is 1.13. The highest BCUT2D eigenvalue weighted by Crippen LogP contribution is 2.34. The van der Waals surface area contributed by atoms with Crippen molar-refractivity contribution < 1.29 is 24.2 Å². The highest BCUT2D eigenvalue weighted by atomic mass is 32.2. The van der Waals surface area contributed by atoms with E-state index < -0.39 is 0 Å². The maximum absolute atomic E-state index is 12.4. The van der Waals surface area contributed by atoms with Crippen molar-refractivity contribution in [1.29, 1.82) is 0 Å². The number of nitrogens with one attached hydrogen (secondary N) is 2. The quantitative estimate of drug-likeness (QED) is 0.299. The Bertz CT molecular complexity index is 1000. The van der Waals surface area contributed by atoms with Crippen LogP contribution in [0, 0.1) is 0 Å². The lowest BCUT2D eigenvalue weighted by molar-refractivity contribution is -0.134.